The van der Waals surface area contributed by atoms with E-state index >= 15 is 0 Å². The molecule has 1 N–H and O–H groups in total. The Morgan fingerprint density at radius 2 is 1.88 bits per heavy atom. The van der Waals surface area contributed by atoms with Crippen molar-refractivity contribution >= 4 is 16.8 Å². The number of likely N-dealkylation sites (tertiary alicyclic amines) is 1. The maximum Gasteiger partial charge on any atom is 0.193 e. The number of piperidine rings is 1. The van der Waals surface area contributed by atoms with E-state index in [2.05, 4.69) is 47.5 Å². The van der Waals surface area contributed by atoms with Crippen LogP contribution < -0.4 is 5.32 Å². The van der Waals surface area contributed by atoms with Crippen molar-refractivity contribution in [2.75, 3.05) is 31.9 Å². The number of hydrogen-bond acceptors (Lipinski definition) is 2. The number of nitrogens with zero attached hydrogens (tertiary/aromatic N) is 2. The van der Waals surface area contributed by atoms with Gasteiger partial charge < -0.3 is 10.2 Å². The van der Waals surface area contributed by atoms with Crippen LogP contribution in [-0.2, 0) is 17.2 Å². The SMILES string of the molecule is CCNC(=NCCS(=O)C(C)(C)C)N1CCC(Cc2ccccc2)CC1. The third-order valence-electron chi connectivity index (χ3n) is 4.84. The normalized spacial score (nSPS) is 18.0. The average molecular weight is 378 g/mol. The smallest absolute Gasteiger partial charge is 0.193 e. The molecule has 0 saturated carbocycles. The molecule has 1 heterocycles. The highest BCUT2D eigenvalue weighted by Gasteiger charge is 2.22. The zero-order valence-corrected chi connectivity index (χ0v) is 17.6. The van der Waals surface area contributed by atoms with E-state index in [0.29, 0.717) is 12.3 Å². The summed E-state index contributed by atoms with van der Waals surface area (Å²) in [6.45, 7) is 11.8. The molecule has 1 atom stereocenters. The van der Waals surface area contributed by atoms with Crippen LogP contribution in [0.4, 0.5) is 0 Å². The van der Waals surface area contributed by atoms with E-state index in [-0.39, 0.29) is 4.75 Å². The van der Waals surface area contributed by atoms with Crippen molar-refractivity contribution in [3.63, 3.8) is 0 Å². The molecule has 26 heavy (non-hydrogen) atoms. The van der Waals surface area contributed by atoms with Crippen LogP contribution in [0.3, 0.4) is 0 Å². The predicted molar refractivity (Wildman–Crippen MR) is 113 cm³/mol. The summed E-state index contributed by atoms with van der Waals surface area (Å²) in [5.41, 5.74) is 1.44. The lowest BCUT2D eigenvalue weighted by molar-refractivity contribution is 0.259. The standard InChI is InChI=1S/C21H35N3OS/c1-5-22-20(23-13-16-26(25)21(2,3)4)24-14-11-19(12-15-24)17-18-9-7-6-8-10-18/h6-10,19H,5,11-17H2,1-4H3,(H,22,23). The molecule has 1 aliphatic heterocycles. The molecule has 1 unspecified atom stereocenters. The molecule has 0 bridgehead atoms. The highest BCUT2D eigenvalue weighted by Crippen LogP contribution is 2.21. The second kappa shape index (κ2) is 10.1. The van der Waals surface area contributed by atoms with E-state index in [1.165, 1.54) is 24.8 Å². The van der Waals surface area contributed by atoms with Crippen molar-refractivity contribution in [2.24, 2.45) is 10.9 Å². The summed E-state index contributed by atoms with van der Waals surface area (Å²) < 4.78 is 12.0. The van der Waals surface area contributed by atoms with E-state index in [4.69, 9.17) is 4.99 Å². The molecule has 1 aromatic rings. The zero-order valence-electron chi connectivity index (χ0n) is 16.8. The fraction of sp³-hybridized carbons (Fsp3) is 0.667. The van der Waals surface area contributed by atoms with Gasteiger partial charge in [-0.2, -0.15) is 0 Å². The minimum Gasteiger partial charge on any atom is -0.357 e. The molecule has 0 aliphatic carbocycles. The summed E-state index contributed by atoms with van der Waals surface area (Å²) in [6.07, 6.45) is 3.58. The van der Waals surface area contributed by atoms with Crippen LogP contribution in [0.2, 0.25) is 0 Å². The first-order chi connectivity index (χ1) is 12.4. The van der Waals surface area contributed by atoms with Crippen molar-refractivity contribution in [2.45, 2.75) is 51.7 Å². The van der Waals surface area contributed by atoms with Gasteiger partial charge in [0.05, 0.1) is 6.54 Å². The Kier molecular flexibility index (Phi) is 8.14. The van der Waals surface area contributed by atoms with Gasteiger partial charge in [0.2, 0.25) is 0 Å². The van der Waals surface area contributed by atoms with Crippen molar-refractivity contribution in [3.05, 3.63) is 35.9 Å². The molecule has 0 amide bonds. The van der Waals surface area contributed by atoms with Gasteiger partial charge in [0.25, 0.3) is 0 Å². The van der Waals surface area contributed by atoms with Gasteiger partial charge in [-0.05, 0) is 58.4 Å². The van der Waals surface area contributed by atoms with Gasteiger partial charge in [-0.3, -0.25) is 9.20 Å². The fourth-order valence-electron chi connectivity index (χ4n) is 3.26. The molecule has 1 fully saturated rings. The van der Waals surface area contributed by atoms with Crippen molar-refractivity contribution in [3.8, 4) is 0 Å². The van der Waals surface area contributed by atoms with Crippen LogP contribution in [-0.4, -0.2) is 51.7 Å². The maximum absolute atomic E-state index is 12.2. The lowest BCUT2D eigenvalue weighted by Gasteiger charge is -2.34. The Bertz CT molecular complexity index is 587. The second-order valence-corrected chi connectivity index (χ2v) is 10.3. The average Bonchev–Trinajstić information content (AvgIpc) is 2.62. The summed E-state index contributed by atoms with van der Waals surface area (Å²) in [6, 6.07) is 10.8. The Labute approximate surface area is 161 Å². The lowest BCUT2D eigenvalue weighted by Crippen LogP contribution is -2.46. The fourth-order valence-corrected chi connectivity index (χ4v) is 4.13. The summed E-state index contributed by atoms with van der Waals surface area (Å²) in [4.78, 5) is 7.10. The Morgan fingerprint density at radius 1 is 1.23 bits per heavy atom. The largest absolute Gasteiger partial charge is 0.357 e. The summed E-state index contributed by atoms with van der Waals surface area (Å²) in [5.74, 6) is 2.37. The topological polar surface area (TPSA) is 44.7 Å². The van der Waals surface area contributed by atoms with Gasteiger partial charge in [0.15, 0.2) is 5.96 Å². The summed E-state index contributed by atoms with van der Waals surface area (Å²) >= 11 is 0. The first kappa shape index (κ1) is 20.9. The molecule has 5 heteroatoms. The highest BCUT2D eigenvalue weighted by molar-refractivity contribution is 7.86. The first-order valence-corrected chi connectivity index (χ1v) is 11.2. The summed E-state index contributed by atoms with van der Waals surface area (Å²) in [7, 11) is -0.844. The van der Waals surface area contributed by atoms with Crippen LogP contribution in [0.15, 0.2) is 35.3 Å². The number of guanidine groups is 1. The molecule has 0 aromatic heterocycles. The van der Waals surface area contributed by atoms with E-state index in [9.17, 15) is 4.21 Å². The minimum atomic E-state index is -0.844. The molecule has 1 aromatic carbocycles. The van der Waals surface area contributed by atoms with Crippen molar-refractivity contribution in [1.29, 1.82) is 0 Å². The van der Waals surface area contributed by atoms with Gasteiger partial charge >= 0.3 is 0 Å². The van der Waals surface area contributed by atoms with Crippen LogP contribution in [0, 0.1) is 5.92 Å². The Hall–Kier alpha value is -1.36. The van der Waals surface area contributed by atoms with Gasteiger partial charge in [-0.25, -0.2) is 0 Å². The predicted octanol–water partition coefficient (Wildman–Crippen LogP) is 3.45. The van der Waals surface area contributed by atoms with Crippen LogP contribution in [0.25, 0.3) is 0 Å². The van der Waals surface area contributed by atoms with E-state index in [0.717, 1.165) is 31.5 Å². The number of rotatable bonds is 6. The molecule has 2 rings (SSSR count). The number of aliphatic imine (C=N–C) groups is 1. The summed E-state index contributed by atoms with van der Waals surface area (Å²) in [5, 5.41) is 3.41. The molecular formula is C21H35N3OS. The third kappa shape index (κ3) is 6.75. The Balaban J connectivity index is 1.85. The molecule has 4 nitrogen and oxygen atoms in total. The lowest BCUT2D eigenvalue weighted by atomic mass is 9.90. The second-order valence-electron chi connectivity index (χ2n) is 8.02. The number of benzene rings is 1. The van der Waals surface area contributed by atoms with Crippen molar-refractivity contribution < 1.29 is 4.21 Å². The van der Waals surface area contributed by atoms with Gasteiger partial charge in [0, 0.05) is 40.9 Å². The van der Waals surface area contributed by atoms with Crippen LogP contribution in [0.5, 0.6) is 0 Å². The number of nitrogens with one attached hydrogen (secondary N) is 1. The van der Waals surface area contributed by atoms with E-state index in [1.807, 2.05) is 20.8 Å². The minimum absolute atomic E-state index is 0.163. The monoisotopic (exact) mass is 377 g/mol. The van der Waals surface area contributed by atoms with Crippen molar-refractivity contribution in [1.82, 2.24) is 10.2 Å². The maximum atomic E-state index is 12.2. The first-order valence-electron chi connectivity index (χ1n) is 9.86. The third-order valence-corrected chi connectivity index (χ3v) is 6.76. The molecule has 1 saturated heterocycles. The quantitative estimate of drug-likeness (QED) is 0.610. The molecule has 146 valence electrons. The van der Waals surface area contributed by atoms with Crippen LogP contribution >= 0.6 is 0 Å². The zero-order chi connectivity index (χ0) is 19.0. The highest BCUT2D eigenvalue weighted by atomic mass is 32.2. The van der Waals surface area contributed by atoms with Gasteiger partial charge in [-0.15, -0.1) is 0 Å². The molecular weight excluding hydrogens is 342 g/mol. The van der Waals surface area contributed by atoms with Gasteiger partial charge in [0.1, 0.15) is 0 Å². The van der Waals surface area contributed by atoms with Crippen LogP contribution in [0.1, 0.15) is 46.1 Å². The number of hydrogen-bond donors (Lipinski definition) is 1. The molecule has 1 aliphatic rings. The Morgan fingerprint density at radius 3 is 2.46 bits per heavy atom. The van der Waals surface area contributed by atoms with Gasteiger partial charge in [-0.1, -0.05) is 30.3 Å². The molecule has 0 spiro atoms. The van der Waals surface area contributed by atoms with E-state index < -0.39 is 10.8 Å². The van der Waals surface area contributed by atoms with E-state index in [1.54, 1.807) is 0 Å². The molecule has 0 radical (unpaired) electrons.